The second kappa shape index (κ2) is 10.3. The Labute approximate surface area is 149 Å². The molecule has 4 nitrogen and oxygen atoms in total. The zero-order chi connectivity index (χ0) is 18.1. The molecule has 0 bridgehead atoms. The average Bonchev–Trinajstić information content (AvgIpc) is 2.61. The number of rotatable bonds is 8. The Kier molecular flexibility index (Phi) is 8.12. The summed E-state index contributed by atoms with van der Waals surface area (Å²) in [6.07, 6.45) is 1.49. The van der Waals surface area contributed by atoms with E-state index in [-0.39, 0.29) is 12.1 Å². The van der Waals surface area contributed by atoms with Crippen molar-refractivity contribution in [1.82, 2.24) is 15.1 Å². The Balaban J connectivity index is 1.88. The highest BCUT2D eigenvalue weighted by Gasteiger charge is 2.24. The summed E-state index contributed by atoms with van der Waals surface area (Å²) >= 11 is 0. The van der Waals surface area contributed by atoms with Gasteiger partial charge in [0.05, 0.1) is 6.54 Å². The van der Waals surface area contributed by atoms with Crippen LogP contribution in [-0.4, -0.2) is 54.5 Å². The summed E-state index contributed by atoms with van der Waals surface area (Å²) in [5, 5.41) is 2.87. The minimum Gasteiger partial charge on any atom is -0.336 e. The number of benzene rings is 1. The van der Waals surface area contributed by atoms with Crippen LogP contribution in [0.2, 0.25) is 0 Å². The second-order valence-corrected chi connectivity index (χ2v) is 6.63. The Hall–Kier alpha value is -1.69. The lowest BCUT2D eigenvalue weighted by atomic mass is 10.0. The van der Waals surface area contributed by atoms with E-state index in [2.05, 4.69) is 22.3 Å². The number of likely N-dealkylation sites (tertiary alicyclic amines) is 1. The first-order chi connectivity index (χ1) is 12.1. The highest BCUT2D eigenvalue weighted by molar-refractivity contribution is 5.74. The summed E-state index contributed by atoms with van der Waals surface area (Å²) in [4.78, 5) is 15.8. The Bertz CT molecular complexity index is 513. The van der Waals surface area contributed by atoms with E-state index in [9.17, 15) is 13.6 Å². The van der Waals surface area contributed by atoms with Gasteiger partial charge in [0.1, 0.15) is 0 Å². The molecule has 0 radical (unpaired) electrons. The van der Waals surface area contributed by atoms with Crippen LogP contribution in [0.5, 0.6) is 0 Å². The van der Waals surface area contributed by atoms with E-state index >= 15 is 0 Å². The molecular formula is C19H29F2N3O. The van der Waals surface area contributed by atoms with Crippen LogP contribution in [0, 0.1) is 0 Å². The fraction of sp³-hybridized carbons (Fsp3) is 0.632. The van der Waals surface area contributed by atoms with E-state index in [1.165, 1.54) is 10.5 Å². The molecule has 1 aromatic carbocycles. The molecule has 1 saturated heterocycles. The third-order valence-corrected chi connectivity index (χ3v) is 4.61. The zero-order valence-corrected chi connectivity index (χ0v) is 15.0. The van der Waals surface area contributed by atoms with E-state index in [1.54, 1.807) is 0 Å². The first-order valence-electron chi connectivity index (χ1n) is 9.19. The Morgan fingerprint density at radius 1 is 1.32 bits per heavy atom. The Morgan fingerprint density at radius 3 is 2.76 bits per heavy atom. The average molecular weight is 353 g/mol. The van der Waals surface area contributed by atoms with Crippen molar-refractivity contribution in [1.29, 1.82) is 0 Å². The lowest BCUT2D eigenvalue weighted by Crippen LogP contribution is -2.50. The predicted octanol–water partition coefficient (Wildman–Crippen LogP) is 3.73. The van der Waals surface area contributed by atoms with E-state index < -0.39 is 13.0 Å². The van der Waals surface area contributed by atoms with Crippen molar-refractivity contribution in [2.45, 2.75) is 51.6 Å². The maximum atomic E-state index is 12.6. The smallest absolute Gasteiger partial charge is 0.317 e. The third kappa shape index (κ3) is 6.61. The number of halogens is 2. The van der Waals surface area contributed by atoms with Crippen LogP contribution in [0.25, 0.3) is 0 Å². The second-order valence-electron chi connectivity index (χ2n) is 6.63. The summed E-state index contributed by atoms with van der Waals surface area (Å²) in [7, 11) is 0. The molecule has 6 heteroatoms. The molecule has 1 fully saturated rings. The van der Waals surface area contributed by atoms with Gasteiger partial charge < -0.3 is 10.2 Å². The fourth-order valence-electron chi connectivity index (χ4n) is 3.35. The highest BCUT2D eigenvalue weighted by atomic mass is 19.3. The van der Waals surface area contributed by atoms with Crippen molar-refractivity contribution >= 4 is 6.03 Å². The molecular weight excluding hydrogens is 324 g/mol. The first kappa shape index (κ1) is 19.6. The van der Waals surface area contributed by atoms with Crippen molar-refractivity contribution in [3.63, 3.8) is 0 Å². The van der Waals surface area contributed by atoms with Gasteiger partial charge in [0.15, 0.2) is 0 Å². The number of piperidine rings is 1. The minimum atomic E-state index is -2.50. The minimum absolute atomic E-state index is 0.257. The standard InChI is InChI=1S/C19H29F2N3O/c1-2-11-24(15-18(20)21)19(25)22-13-17-10-6-7-12-23(17)14-16-8-4-3-5-9-16/h3-5,8-9,17-18H,2,6-7,10-15H2,1H3,(H,22,25). The van der Waals surface area contributed by atoms with Crippen molar-refractivity contribution < 1.29 is 13.6 Å². The van der Waals surface area contributed by atoms with E-state index in [0.29, 0.717) is 19.5 Å². The molecule has 0 aromatic heterocycles. The lowest BCUT2D eigenvalue weighted by molar-refractivity contribution is 0.0953. The van der Waals surface area contributed by atoms with Crippen LogP contribution in [0.3, 0.4) is 0 Å². The number of carbonyl (C=O) groups is 1. The van der Waals surface area contributed by atoms with Crippen LogP contribution in [-0.2, 0) is 6.54 Å². The molecule has 2 rings (SSSR count). The normalized spacial score (nSPS) is 18.3. The SMILES string of the molecule is CCCN(CC(F)F)C(=O)NCC1CCCCN1Cc1ccccc1. The van der Waals surface area contributed by atoms with Gasteiger partial charge >= 0.3 is 6.03 Å². The van der Waals surface area contributed by atoms with Gasteiger partial charge in [0.25, 0.3) is 6.43 Å². The quantitative estimate of drug-likeness (QED) is 0.773. The van der Waals surface area contributed by atoms with Crippen LogP contribution in [0.1, 0.15) is 38.2 Å². The van der Waals surface area contributed by atoms with E-state index in [0.717, 1.165) is 32.4 Å². The van der Waals surface area contributed by atoms with E-state index in [1.807, 2.05) is 25.1 Å². The molecule has 1 N–H and O–H groups in total. The van der Waals surface area contributed by atoms with Gasteiger partial charge in [-0.3, -0.25) is 4.90 Å². The van der Waals surface area contributed by atoms with Gasteiger partial charge in [-0.15, -0.1) is 0 Å². The number of urea groups is 1. The maximum absolute atomic E-state index is 12.6. The molecule has 1 unspecified atom stereocenters. The summed E-state index contributed by atoms with van der Waals surface area (Å²) in [6, 6.07) is 10.2. The molecule has 1 aromatic rings. The first-order valence-corrected chi connectivity index (χ1v) is 9.19. The fourth-order valence-corrected chi connectivity index (χ4v) is 3.35. The summed E-state index contributed by atoms with van der Waals surface area (Å²) < 4.78 is 25.3. The number of carbonyl (C=O) groups excluding carboxylic acids is 1. The van der Waals surface area contributed by atoms with Crippen LogP contribution >= 0.6 is 0 Å². The predicted molar refractivity (Wildman–Crippen MR) is 95.8 cm³/mol. The van der Waals surface area contributed by atoms with Gasteiger partial charge in [-0.25, -0.2) is 13.6 Å². The zero-order valence-electron chi connectivity index (χ0n) is 15.0. The third-order valence-electron chi connectivity index (χ3n) is 4.61. The van der Waals surface area contributed by atoms with Gasteiger partial charge in [-0.1, -0.05) is 43.7 Å². The maximum Gasteiger partial charge on any atom is 0.317 e. The molecule has 1 atom stereocenters. The molecule has 0 saturated carbocycles. The van der Waals surface area contributed by atoms with Gasteiger partial charge in [0, 0.05) is 25.7 Å². The van der Waals surface area contributed by atoms with Crippen molar-refractivity contribution in [3.8, 4) is 0 Å². The molecule has 1 aliphatic heterocycles. The topological polar surface area (TPSA) is 35.6 Å². The molecule has 140 valence electrons. The van der Waals surface area contributed by atoms with Crippen LogP contribution < -0.4 is 5.32 Å². The Morgan fingerprint density at radius 2 is 2.08 bits per heavy atom. The number of nitrogens with one attached hydrogen (secondary N) is 1. The number of nitrogens with zero attached hydrogens (tertiary/aromatic N) is 2. The molecule has 1 aliphatic rings. The number of alkyl halides is 2. The molecule has 0 spiro atoms. The molecule has 1 heterocycles. The molecule has 0 aliphatic carbocycles. The van der Waals surface area contributed by atoms with E-state index in [4.69, 9.17) is 0 Å². The summed E-state index contributed by atoms with van der Waals surface area (Å²) in [6.45, 7) is 4.11. The van der Waals surface area contributed by atoms with Gasteiger partial charge in [-0.05, 0) is 31.4 Å². The highest BCUT2D eigenvalue weighted by Crippen LogP contribution is 2.19. The summed E-state index contributed by atoms with van der Waals surface area (Å²) in [5.74, 6) is 0. The van der Waals surface area contributed by atoms with Gasteiger partial charge in [-0.2, -0.15) is 0 Å². The van der Waals surface area contributed by atoms with Crippen LogP contribution in [0.15, 0.2) is 30.3 Å². The largest absolute Gasteiger partial charge is 0.336 e. The van der Waals surface area contributed by atoms with Crippen molar-refractivity contribution in [3.05, 3.63) is 35.9 Å². The van der Waals surface area contributed by atoms with Crippen molar-refractivity contribution in [2.24, 2.45) is 0 Å². The van der Waals surface area contributed by atoms with Crippen LogP contribution in [0.4, 0.5) is 13.6 Å². The number of amides is 2. The van der Waals surface area contributed by atoms with Crippen molar-refractivity contribution in [2.75, 3.05) is 26.2 Å². The summed E-state index contributed by atoms with van der Waals surface area (Å²) in [5.41, 5.74) is 1.26. The number of hydrogen-bond acceptors (Lipinski definition) is 2. The number of hydrogen-bond donors (Lipinski definition) is 1. The molecule has 2 amide bonds. The monoisotopic (exact) mass is 353 g/mol. The lowest BCUT2D eigenvalue weighted by Gasteiger charge is -2.36. The van der Waals surface area contributed by atoms with Gasteiger partial charge in [0.2, 0.25) is 0 Å². The molecule has 25 heavy (non-hydrogen) atoms.